The van der Waals surface area contributed by atoms with Gasteiger partial charge in [0, 0.05) is 5.88 Å². The van der Waals surface area contributed by atoms with Crippen LogP contribution >= 0.6 is 34.2 Å². The molecular weight excluding hydrogens is 255 g/mol. The number of hydrogen-bond donors (Lipinski definition) is 0. The first-order chi connectivity index (χ1) is 3.48. The number of halogens is 5. The Hall–Kier alpha value is 0.810. The van der Waals surface area contributed by atoms with Gasteiger partial charge >= 0.3 is 6.18 Å². The molecule has 0 nitrogen and oxygen atoms in total. The van der Waals surface area contributed by atoms with Crippen LogP contribution in [0.2, 0.25) is 0 Å². The summed E-state index contributed by atoms with van der Waals surface area (Å²) in [5, 5.41) is 0. The van der Waals surface area contributed by atoms with Crippen molar-refractivity contribution in [3.63, 3.8) is 0 Å². The van der Waals surface area contributed by atoms with Crippen molar-refractivity contribution in [1.82, 2.24) is 0 Å². The SMILES string of the molecule is FC(F)(F)[C@H](I)CCl. The second-order valence-electron chi connectivity index (χ2n) is 1.16. The molecule has 0 heterocycles. The van der Waals surface area contributed by atoms with Gasteiger partial charge in [-0.1, -0.05) is 22.6 Å². The standard InChI is InChI=1S/C3H3ClF3I/c4-1-2(8)3(5,6)7/h2H,1H2/t2-/m1/s1. The van der Waals surface area contributed by atoms with Gasteiger partial charge in [0.25, 0.3) is 0 Å². The largest absolute Gasteiger partial charge is 0.401 e. The molecule has 8 heavy (non-hydrogen) atoms. The Morgan fingerprint density at radius 1 is 1.50 bits per heavy atom. The molecule has 0 amide bonds. The summed E-state index contributed by atoms with van der Waals surface area (Å²) in [5.74, 6) is -0.371. The van der Waals surface area contributed by atoms with E-state index in [2.05, 4.69) is 0 Å². The van der Waals surface area contributed by atoms with Crippen molar-refractivity contribution < 1.29 is 13.2 Å². The van der Waals surface area contributed by atoms with Gasteiger partial charge in [0.05, 0.1) is 0 Å². The molecule has 0 aliphatic heterocycles. The lowest BCUT2D eigenvalue weighted by Crippen LogP contribution is -2.23. The Labute approximate surface area is 63.5 Å². The third kappa shape index (κ3) is 2.96. The minimum absolute atomic E-state index is 0.371. The lowest BCUT2D eigenvalue weighted by molar-refractivity contribution is -0.120. The number of hydrogen-bond acceptors (Lipinski definition) is 0. The molecule has 0 saturated carbocycles. The highest BCUT2D eigenvalue weighted by molar-refractivity contribution is 14.1. The molecule has 0 fully saturated rings. The Morgan fingerprint density at radius 3 is 1.88 bits per heavy atom. The van der Waals surface area contributed by atoms with E-state index in [1.807, 2.05) is 0 Å². The molecular formula is C3H3ClF3I. The van der Waals surface area contributed by atoms with Crippen LogP contribution in [0.4, 0.5) is 13.2 Å². The molecule has 0 rings (SSSR count). The molecule has 0 aromatic heterocycles. The van der Waals surface area contributed by atoms with Crippen molar-refractivity contribution in [2.75, 3.05) is 5.88 Å². The van der Waals surface area contributed by atoms with Crippen LogP contribution in [0, 0.1) is 0 Å². The van der Waals surface area contributed by atoms with E-state index in [-0.39, 0.29) is 5.88 Å². The summed E-state index contributed by atoms with van der Waals surface area (Å²) in [4.78, 5) is 0. The molecule has 0 aromatic carbocycles. The van der Waals surface area contributed by atoms with E-state index in [0.717, 1.165) is 0 Å². The molecule has 50 valence electrons. The van der Waals surface area contributed by atoms with Gasteiger partial charge in [0.1, 0.15) is 3.92 Å². The van der Waals surface area contributed by atoms with Gasteiger partial charge in [-0.25, -0.2) is 0 Å². The maximum atomic E-state index is 11.4. The van der Waals surface area contributed by atoms with Crippen molar-refractivity contribution in [3.8, 4) is 0 Å². The molecule has 0 bridgehead atoms. The summed E-state index contributed by atoms with van der Waals surface area (Å²) in [6.45, 7) is 0. The van der Waals surface area contributed by atoms with Gasteiger partial charge < -0.3 is 0 Å². The van der Waals surface area contributed by atoms with Crippen molar-refractivity contribution >= 4 is 34.2 Å². The van der Waals surface area contributed by atoms with E-state index in [4.69, 9.17) is 11.6 Å². The van der Waals surface area contributed by atoms with Crippen LogP contribution < -0.4 is 0 Å². The van der Waals surface area contributed by atoms with Crippen molar-refractivity contribution in [1.29, 1.82) is 0 Å². The Bertz CT molecular complexity index is 71.4. The second kappa shape index (κ2) is 3.10. The monoisotopic (exact) mass is 258 g/mol. The van der Waals surface area contributed by atoms with Crippen LogP contribution in [0.25, 0.3) is 0 Å². The first-order valence-electron chi connectivity index (χ1n) is 1.75. The van der Waals surface area contributed by atoms with Crippen LogP contribution in [0.3, 0.4) is 0 Å². The fourth-order valence-corrected chi connectivity index (χ4v) is 0.262. The zero-order valence-corrected chi connectivity index (χ0v) is 6.59. The minimum Gasteiger partial charge on any atom is -0.170 e. The van der Waals surface area contributed by atoms with Gasteiger partial charge in [-0.3, -0.25) is 0 Å². The van der Waals surface area contributed by atoms with E-state index in [1.165, 1.54) is 22.6 Å². The van der Waals surface area contributed by atoms with Crippen molar-refractivity contribution in [3.05, 3.63) is 0 Å². The molecule has 1 atom stereocenters. The smallest absolute Gasteiger partial charge is 0.170 e. The number of alkyl halides is 5. The van der Waals surface area contributed by atoms with E-state index in [1.54, 1.807) is 0 Å². The second-order valence-corrected chi connectivity index (χ2v) is 2.98. The molecule has 0 aliphatic rings. The first-order valence-corrected chi connectivity index (χ1v) is 3.53. The Balaban J connectivity index is 3.62. The third-order valence-electron chi connectivity index (χ3n) is 0.491. The zero-order chi connectivity index (χ0) is 6.78. The summed E-state index contributed by atoms with van der Waals surface area (Å²) >= 11 is 6.16. The molecule has 0 saturated heterocycles. The molecule has 0 N–H and O–H groups in total. The van der Waals surface area contributed by atoms with Crippen LogP contribution in [0.5, 0.6) is 0 Å². The van der Waals surface area contributed by atoms with Crippen molar-refractivity contribution in [2.24, 2.45) is 0 Å². The summed E-state index contributed by atoms with van der Waals surface area (Å²) in [5.41, 5.74) is 0. The summed E-state index contributed by atoms with van der Waals surface area (Å²) in [6.07, 6.45) is -4.14. The summed E-state index contributed by atoms with van der Waals surface area (Å²) < 4.78 is 32.7. The maximum Gasteiger partial charge on any atom is 0.401 e. The Kier molecular flexibility index (Phi) is 3.41. The topological polar surface area (TPSA) is 0 Å². The summed E-state index contributed by atoms with van der Waals surface area (Å²) in [7, 11) is 0. The fourth-order valence-electron chi connectivity index (χ4n) is 0.0875. The molecule has 0 unspecified atom stereocenters. The van der Waals surface area contributed by atoms with E-state index in [0.29, 0.717) is 0 Å². The van der Waals surface area contributed by atoms with Gasteiger partial charge in [-0.05, 0) is 0 Å². The van der Waals surface area contributed by atoms with Crippen LogP contribution in [0.1, 0.15) is 0 Å². The van der Waals surface area contributed by atoms with Gasteiger partial charge in [0.15, 0.2) is 0 Å². The van der Waals surface area contributed by atoms with Crippen LogP contribution in [0.15, 0.2) is 0 Å². The molecule has 0 radical (unpaired) electrons. The van der Waals surface area contributed by atoms with Crippen LogP contribution in [-0.4, -0.2) is 16.0 Å². The molecule has 0 aromatic rings. The van der Waals surface area contributed by atoms with Gasteiger partial charge in [-0.2, -0.15) is 13.2 Å². The van der Waals surface area contributed by atoms with Crippen molar-refractivity contribution in [2.45, 2.75) is 10.1 Å². The number of rotatable bonds is 1. The summed E-state index contributed by atoms with van der Waals surface area (Å²) in [6, 6.07) is 0. The maximum absolute atomic E-state index is 11.4. The highest BCUT2D eigenvalue weighted by Gasteiger charge is 2.36. The van der Waals surface area contributed by atoms with E-state index >= 15 is 0 Å². The van der Waals surface area contributed by atoms with Gasteiger partial charge in [-0.15, -0.1) is 11.6 Å². The molecule has 0 aliphatic carbocycles. The van der Waals surface area contributed by atoms with E-state index < -0.39 is 10.1 Å². The zero-order valence-electron chi connectivity index (χ0n) is 3.67. The quantitative estimate of drug-likeness (QED) is 0.501. The lowest BCUT2D eigenvalue weighted by Gasteiger charge is -2.08. The molecule has 5 heteroatoms. The van der Waals surface area contributed by atoms with Crippen LogP contribution in [-0.2, 0) is 0 Å². The normalized spacial score (nSPS) is 16.1. The predicted molar refractivity (Wildman–Crippen MR) is 34.6 cm³/mol. The fraction of sp³-hybridized carbons (Fsp3) is 1.00. The average molecular weight is 258 g/mol. The lowest BCUT2D eigenvalue weighted by atomic mass is 10.5. The highest BCUT2D eigenvalue weighted by atomic mass is 127. The van der Waals surface area contributed by atoms with Gasteiger partial charge in [0.2, 0.25) is 0 Å². The Morgan fingerprint density at radius 2 is 1.88 bits per heavy atom. The first kappa shape index (κ1) is 8.81. The predicted octanol–water partition coefficient (Wildman–Crippen LogP) is 2.59. The highest BCUT2D eigenvalue weighted by Crippen LogP contribution is 2.27. The minimum atomic E-state index is -4.14. The third-order valence-corrected chi connectivity index (χ3v) is 2.47. The molecule has 0 spiro atoms. The van der Waals surface area contributed by atoms with E-state index in [9.17, 15) is 13.2 Å². The average Bonchev–Trinajstić information content (AvgIpc) is 1.62.